The molecule has 0 aliphatic rings. The minimum absolute atomic E-state index is 0. The molecule has 0 saturated heterocycles. The molecule has 0 fully saturated rings. The Bertz CT molecular complexity index is 2420. The van der Waals surface area contributed by atoms with Crippen LogP contribution in [0.5, 0.6) is 0 Å². The van der Waals surface area contributed by atoms with E-state index in [4.69, 9.17) is 29.3 Å². The van der Waals surface area contributed by atoms with Crippen LogP contribution in [0.2, 0.25) is 0 Å². The molecule has 8 rings (SSSR count). The van der Waals surface area contributed by atoms with Gasteiger partial charge in [-0.05, 0) is 46.2 Å². The second-order valence-electron chi connectivity index (χ2n) is 15.0. The van der Waals surface area contributed by atoms with E-state index in [1.54, 1.807) is 12.1 Å². The minimum atomic E-state index is 0. The third kappa shape index (κ3) is 11.0. The van der Waals surface area contributed by atoms with Crippen molar-refractivity contribution in [2.24, 2.45) is 0 Å². The van der Waals surface area contributed by atoms with Crippen LogP contribution in [0.3, 0.4) is 0 Å². The quantitative estimate of drug-likeness (QED) is 0.163. The second kappa shape index (κ2) is 19.7. The first-order chi connectivity index (χ1) is 26.9. The number of hydrogen-bond donors (Lipinski definition) is 0. The van der Waals surface area contributed by atoms with E-state index in [2.05, 4.69) is 114 Å². The summed E-state index contributed by atoms with van der Waals surface area (Å²) in [6.07, 6.45) is 0. The summed E-state index contributed by atoms with van der Waals surface area (Å²) in [6, 6.07) is 55.1. The van der Waals surface area contributed by atoms with Crippen molar-refractivity contribution in [1.29, 1.82) is 10.5 Å². The summed E-state index contributed by atoms with van der Waals surface area (Å²) in [5, 5.41) is 14.6. The van der Waals surface area contributed by atoms with E-state index in [1.807, 2.05) is 72.8 Å². The van der Waals surface area contributed by atoms with Gasteiger partial charge >= 0.3 is 0 Å². The minimum Gasteiger partial charge on any atom is -0.481 e. The Hall–Kier alpha value is -6.11. The Morgan fingerprint density at radius 1 is 0.509 bits per heavy atom. The zero-order chi connectivity index (χ0) is 40.3. The van der Waals surface area contributed by atoms with Gasteiger partial charge in [0.25, 0.3) is 0 Å². The number of oxazole rings is 2. The van der Waals surface area contributed by atoms with E-state index in [0.717, 1.165) is 55.6 Å². The van der Waals surface area contributed by atoms with Crippen LogP contribution in [-0.2, 0) is 30.9 Å². The van der Waals surface area contributed by atoms with Gasteiger partial charge in [0, 0.05) is 34.0 Å². The fraction of sp³-hybridized carbons (Fsp3) is 0.200. The Morgan fingerprint density at radius 3 is 1.19 bits per heavy atom. The summed E-state index contributed by atoms with van der Waals surface area (Å²) >= 11 is 0. The summed E-state index contributed by atoms with van der Waals surface area (Å²) in [4.78, 5) is 9.49. The third-order valence-electron chi connectivity index (χ3n) is 8.82. The van der Waals surface area contributed by atoms with Crippen molar-refractivity contribution in [2.45, 2.75) is 66.2 Å². The molecule has 289 valence electrons. The van der Waals surface area contributed by atoms with E-state index in [9.17, 15) is 0 Å². The van der Waals surface area contributed by atoms with Crippen LogP contribution in [0.15, 0.2) is 142 Å². The normalized spacial score (nSPS) is 10.6. The molecule has 0 aliphatic heterocycles. The molecular formula is C50H46IrN4O2-2. The van der Waals surface area contributed by atoms with Crippen molar-refractivity contribution in [2.75, 3.05) is 0 Å². The van der Waals surface area contributed by atoms with E-state index < -0.39 is 0 Å². The summed E-state index contributed by atoms with van der Waals surface area (Å²) in [6.45, 7) is 16.1. The number of aromatic nitrogens is 2. The van der Waals surface area contributed by atoms with Crippen molar-refractivity contribution < 1.29 is 28.9 Å². The topological polar surface area (TPSA) is 99.6 Å². The van der Waals surface area contributed by atoms with Crippen molar-refractivity contribution in [3.05, 3.63) is 157 Å². The predicted octanol–water partition coefficient (Wildman–Crippen LogP) is 13.6. The van der Waals surface area contributed by atoms with Gasteiger partial charge in [0.05, 0.1) is 23.2 Å². The first-order valence-corrected chi connectivity index (χ1v) is 18.4. The molecule has 7 heteroatoms. The molecule has 0 unspecified atom stereocenters. The smallest absolute Gasteiger partial charge is 0.142 e. The Labute approximate surface area is 350 Å². The Kier molecular flexibility index (Phi) is 15.0. The molecule has 2 aromatic heterocycles. The summed E-state index contributed by atoms with van der Waals surface area (Å²) < 4.78 is 12.1. The Balaban J connectivity index is 0.000000219. The molecule has 57 heavy (non-hydrogen) atoms. The van der Waals surface area contributed by atoms with Crippen LogP contribution < -0.4 is 0 Å². The molecule has 0 atom stereocenters. The first kappa shape index (κ1) is 43.6. The van der Waals surface area contributed by atoms with E-state index in [1.165, 1.54) is 25.0 Å². The molecule has 2 heterocycles. The second-order valence-corrected chi connectivity index (χ2v) is 15.0. The van der Waals surface area contributed by atoms with Crippen LogP contribution in [0.4, 0.5) is 0 Å². The molecular weight excluding hydrogens is 881 g/mol. The summed E-state index contributed by atoms with van der Waals surface area (Å²) in [5.74, 6) is 1.22. The van der Waals surface area contributed by atoms with Crippen molar-refractivity contribution in [3.63, 3.8) is 0 Å². The summed E-state index contributed by atoms with van der Waals surface area (Å²) in [5.41, 5.74) is 12.2. The molecule has 0 N–H and O–H groups in total. The maximum atomic E-state index is 7.32. The molecule has 6 nitrogen and oxygen atoms in total. The van der Waals surface area contributed by atoms with E-state index in [0.29, 0.717) is 11.8 Å². The molecule has 0 aliphatic carbocycles. The number of nitriles is 2. The van der Waals surface area contributed by atoms with Crippen molar-refractivity contribution in [1.82, 2.24) is 9.97 Å². The summed E-state index contributed by atoms with van der Waals surface area (Å²) in [7, 11) is 0. The van der Waals surface area contributed by atoms with Crippen LogP contribution in [-0.4, -0.2) is 9.97 Å². The van der Waals surface area contributed by atoms with Crippen molar-refractivity contribution >= 4 is 22.2 Å². The molecule has 0 amide bonds. The SMILES string of the molecule is CC#N.CC#N.CC(C)(C)c1ccc2oc(-c3[c-]cccc3-c3ccccc3)nc2c1.CC(C)(C)c1ccc2oc(-c3[c-]cccc3-c3ccccc3)nc2c1.[Ir]. The predicted molar refractivity (Wildman–Crippen MR) is 227 cm³/mol. The number of hydrogen-bond acceptors (Lipinski definition) is 6. The van der Waals surface area contributed by atoms with Gasteiger partial charge in [0.1, 0.15) is 22.9 Å². The molecule has 8 aromatic rings. The number of fused-ring (bicyclic) bond motifs is 2. The van der Waals surface area contributed by atoms with Crippen LogP contribution in [0.25, 0.3) is 67.4 Å². The fourth-order valence-corrected chi connectivity index (χ4v) is 5.95. The van der Waals surface area contributed by atoms with Gasteiger partial charge in [-0.2, -0.15) is 10.5 Å². The largest absolute Gasteiger partial charge is 0.481 e. The van der Waals surface area contributed by atoms with Crippen molar-refractivity contribution in [3.8, 4) is 57.3 Å². The maximum Gasteiger partial charge on any atom is 0.142 e. The number of nitrogens with zero attached hydrogens (tertiary/aromatic N) is 4. The van der Waals surface area contributed by atoms with Gasteiger partial charge in [0.15, 0.2) is 0 Å². The number of rotatable bonds is 4. The van der Waals surface area contributed by atoms with Crippen LogP contribution >= 0.6 is 0 Å². The molecule has 0 saturated carbocycles. The van der Waals surface area contributed by atoms with Gasteiger partial charge in [-0.15, -0.1) is 48.5 Å². The monoisotopic (exact) mass is 927 g/mol. The van der Waals surface area contributed by atoms with E-state index in [-0.39, 0.29) is 30.9 Å². The van der Waals surface area contributed by atoms with Crippen LogP contribution in [0, 0.1) is 34.8 Å². The zero-order valence-corrected chi connectivity index (χ0v) is 36.0. The van der Waals surface area contributed by atoms with Gasteiger partial charge in [-0.25, -0.2) is 0 Å². The van der Waals surface area contributed by atoms with Gasteiger partial charge in [-0.3, -0.25) is 9.97 Å². The Morgan fingerprint density at radius 2 is 0.860 bits per heavy atom. The average molecular weight is 927 g/mol. The van der Waals surface area contributed by atoms with Crippen LogP contribution in [0.1, 0.15) is 66.5 Å². The average Bonchev–Trinajstić information content (AvgIpc) is 3.83. The zero-order valence-electron chi connectivity index (χ0n) is 33.6. The third-order valence-corrected chi connectivity index (χ3v) is 8.82. The van der Waals surface area contributed by atoms with E-state index >= 15 is 0 Å². The fourth-order valence-electron chi connectivity index (χ4n) is 5.95. The maximum absolute atomic E-state index is 7.32. The first-order valence-electron chi connectivity index (χ1n) is 18.4. The van der Waals surface area contributed by atoms with Gasteiger partial charge in [-0.1, -0.05) is 148 Å². The molecule has 0 bridgehead atoms. The standard InChI is InChI=1S/2C23H20NO.2C2H3N.Ir/c2*1-23(2,3)17-13-14-21-20(15-17)24-22(25-21)19-12-8-7-11-18(19)16-9-5-4-6-10-16;2*1-2-3;/h2*4-11,13-15H,1-3H3;2*1H3;/q2*-1;;;. The molecule has 1 radical (unpaired) electrons. The molecule has 0 spiro atoms. The molecule has 6 aromatic carbocycles. The van der Waals surface area contributed by atoms with Gasteiger partial charge < -0.3 is 8.83 Å². The van der Waals surface area contributed by atoms with Gasteiger partial charge in [0.2, 0.25) is 0 Å². The number of benzene rings is 6.